The fraction of sp³-hybridized carbons (Fsp3) is 0.308. The highest BCUT2D eigenvalue weighted by atomic mass is 16.5. The van der Waals surface area contributed by atoms with Crippen LogP contribution in [0.4, 0.5) is 0 Å². The maximum Gasteiger partial charge on any atom is 0.255 e. The highest BCUT2D eigenvalue weighted by Crippen LogP contribution is 2.29. The van der Waals surface area contributed by atoms with E-state index in [9.17, 15) is 4.79 Å². The molecule has 0 aliphatic carbocycles. The summed E-state index contributed by atoms with van der Waals surface area (Å²) >= 11 is 0. The van der Waals surface area contributed by atoms with Gasteiger partial charge in [-0.2, -0.15) is 4.52 Å². The number of aromatic nitrogens is 6. The van der Waals surface area contributed by atoms with E-state index in [0.29, 0.717) is 59.8 Å². The molecule has 0 bridgehead atoms. The number of hydrogen-bond donors (Lipinski definition) is 0. The number of morpholine rings is 1. The van der Waals surface area contributed by atoms with Gasteiger partial charge >= 0.3 is 0 Å². The molecule has 1 saturated heterocycles. The molecule has 1 fully saturated rings. The number of rotatable bonds is 7. The van der Waals surface area contributed by atoms with E-state index in [2.05, 4.69) is 25.4 Å². The zero-order valence-electron chi connectivity index (χ0n) is 20.9. The predicted octanol–water partition coefficient (Wildman–Crippen LogP) is 2.91. The molecule has 5 aromatic rings. The average Bonchev–Trinajstić information content (AvgIpc) is 3.59. The van der Waals surface area contributed by atoms with Gasteiger partial charge < -0.3 is 23.6 Å². The number of methoxy groups -OCH3 is 1. The van der Waals surface area contributed by atoms with Crippen LogP contribution in [0.1, 0.15) is 28.7 Å². The van der Waals surface area contributed by atoms with Crippen molar-refractivity contribution in [2.24, 2.45) is 0 Å². The Morgan fingerprint density at radius 1 is 1.13 bits per heavy atom. The van der Waals surface area contributed by atoms with Crippen molar-refractivity contribution in [3.63, 3.8) is 0 Å². The molecule has 1 amide bonds. The van der Waals surface area contributed by atoms with Gasteiger partial charge in [0.05, 0.1) is 24.0 Å². The third-order valence-corrected chi connectivity index (χ3v) is 6.26. The first kappa shape index (κ1) is 23.9. The van der Waals surface area contributed by atoms with Crippen molar-refractivity contribution in [3.8, 4) is 17.4 Å². The number of carbonyl (C=O) groups is 1. The van der Waals surface area contributed by atoms with Gasteiger partial charge in [-0.25, -0.2) is 0 Å². The van der Waals surface area contributed by atoms with Gasteiger partial charge in [0.1, 0.15) is 13.2 Å². The summed E-state index contributed by atoms with van der Waals surface area (Å²) in [5, 5.41) is 19.0. The Hall–Kier alpha value is -4.42. The van der Waals surface area contributed by atoms with E-state index in [1.807, 2.05) is 31.2 Å². The van der Waals surface area contributed by atoms with Crippen molar-refractivity contribution in [2.75, 3.05) is 26.8 Å². The quantitative estimate of drug-likeness (QED) is 0.319. The summed E-state index contributed by atoms with van der Waals surface area (Å²) in [4.78, 5) is 19.1. The molecule has 194 valence electrons. The van der Waals surface area contributed by atoms with E-state index < -0.39 is 0 Å². The monoisotopic (exact) mass is 515 g/mol. The van der Waals surface area contributed by atoms with Crippen molar-refractivity contribution in [1.82, 2.24) is 34.9 Å². The summed E-state index contributed by atoms with van der Waals surface area (Å²) in [6.07, 6.45) is 1.60. The smallest absolute Gasteiger partial charge is 0.255 e. The molecule has 1 aliphatic heterocycles. The number of benzene rings is 1. The normalized spacial score (nSPS) is 15.8. The molecule has 12 nitrogen and oxygen atoms in total. The highest BCUT2D eigenvalue weighted by molar-refractivity contribution is 5.97. The maximum absolute atomic E-state index is 12.8. The number of hydrogen-bond acceptors (Lipinski definition) is 10. The van der Waals surface area contributed by atoms with Crippen LogP contribution in [0.2, 0.25) is 0 Å². The Kier molecular flexibility index (Phi) is 6.40. The number of pyridine rings is 1. The van der Waals surface area contributed by atoms with Crippen LogP contribution in [0.3, 0.4) is 0 Å². The zero-order chi connectivity index (χ0) is 26.1. The largest absolute Gasteiger partial charge is 0.470 e. The molecule has 0 N–H and O–H groups in total. The Bertz CT molecular complexity index is 1600. The van der Waals surface area contributed by atoms with Crippen LogP contribution in [0.15, 0.2) is 53.2 Å². The van der Waals surface area contributed by atoms with Gasteiger partial charge in [-0.1, -0.05) is 23.4 Å². The second-order valence-corrected chi connectivity index (χ2v) is 8.98. The van der Waals surface area contributed by atoms with Crippen LogP contribution in [0.25, 0.3) is 27.9 Å². The van der Waals surface area contributed by atoms with Gasteiger partial charge in [-0.05, 0) is 25.1 Å². The molecular weight excluding hydrogens is 490 g/mol. The number of nitrogens with zero attached hydrogens (tertiary/aromatic N) is 7. The third kappa shape index (κ3) is 4.55. The van der Waals surface area contributed by atoms with Crippen LogP contribution in [-0.4, -0.2) is 73.7 Å². The van der Waals surface area contributed by atoms with Gasteiger partial charge in [-0.15, -0.1) is 15.3 Å². The van der Waals surface area contributed by atoms with E-state index in [0.717, 1.165) is 10.8 Å². The van der Waals surface area contributed by atoms with E-state index >= 15 is 0 Å². The number of carbonyl (C=O) groups excluding carboxylic acids is 1. The molecule has 12 heteroatoms. The SMILES string of the molecule is COCc1cc(-c2nnc3c4ccccc4c(OCc4ccc(C(=O)N5CCOC(C)C5)cn4)nn23)no1. The first-order valence-corrected chi connectivity index (χ1v) is 12.2. The minimum absolute atomic E-state index is 0.0240. The lowest BCUT2D eigenvalue weighted by molar-refractivity contribution is -0.0124. The summed E-state index contributed by atoms with van der Waals surface area (Å²) in [6.45, 7) is 4.08. The van der Waals surface area contributed by atoms with Gasteiger partial charge in [0.25, 0.3) is 5.91 Å². The summed E-state index contributed by atoms with van der Waals surface area (Å²) in [7, 11) is 1.58. The van der Waals surface area contributed by atoms with Crippen molar-refractivity contribution < 1.29 is 23.5 Å². The lowest BCUT2D eigenvalue weighted by Gasteiger charge is -2.31. The van der Waals surface area contributed by atoms with E-state index in [1.54, 1.807) is 40.9 Å². The first-order chi connectivity index (χ1) is 18.6. The van der Waals surface area contributed by atoms with Crippen LogP contribution in [0, 0.1) is 0 Å². The molecule has 5 heterocycles. The molecule has 0 spiro atoms. The number of ether oxygens (including phenoxy) is 3. The molecule has 38 heavy (non-hydrogen) atoms. The van der Waals surface area contributed by atoms with Gasteiger partial charge in [0.2, 0.25) is 11.7 Å². The summed E-state index contributed by atoms with van der Waals surface area (Å²) in [5.74, 6) is 1.31. The molecule has 1 unspecified atom stereocenters. The lowest BCUT2D eigenvalue weighted by Crippen LogP contribution is -2.44. The van der Waals surface area contributed by atoms with Gasteiger partial charge in [0.15, 0.2) is 17.1 Å². The Morgan fingerprint density at radius 2 is 2.00 bits per heavy atom. The third-order valence-electron chi connectivity index (χ3n) is 6.26. The van der Waals surface area contributed by atoms with Crippen LogP contribution in [0.5, 0.6) is 5.88 Å². The summed E-state index contributed by atoms with van der Waals surface area (Å²) in [5.41, 5.74) is 2.24. The molecule has 4 aromatic heterocycles. The minimum Gasteiger partial charge on any atom is -0.470 e. The summed E-state index contributed by atoms with van der Waals surface area (Å²) < 4.78 is 23.7. The van der Waals surface area contributed by atoms with Crippen LogP contribution >= 0.6 is 0 Å². The molecule has 6 rings (SSSR count). The predicted molar refractivity (Wildman–Crippen MR) is 134 cm³/mol. The standard InChI is InChI=1S/C26H25N7O5/c1-16-13-32(9-10-36-16)26(34)17-7-8-18(27-12-17)14-37-25-21-6-4-3-5-20(21)23-28-29-24(33(23)30-25)22-11-19(15-35-2)38-31-22/h3-8,11-12,16H,9-10,13-15H2,1-2H3. The van der Waals surface area contributed by atoms with Crippen LogP contribution in [-0.2, 0) is 22.7 Å². The molecule has 1 atom stereocenters. The number of amides is 1. The highest BCUT2D eigenvalue weighted by Gasteiger charge is 2.23. The maximum atomic E-state index is 12.8. The first-order valence-electron chi connectivity index (χ1n) is 12.2. The average molecular weight is 516 g/mol. The fourth-order valence-electron chi connectivity index (χ4n) is 4.41. The molecule has 1 aliphatic rings. The van der Waals surface area contributed by atoms with Gasteiger partial charge in [-0.3, -0.25) is 9.78 Å². The van der Waals surface area contributed by atoms with Crippen LogP contribution < -0.4 is 4.74 Å². The Morgan fingerprint density at radius 3 is 2.79 bits per heavy atom. The zero-order valence-corrected chi connectivity index (χ0v) is 20.9. The second kappa shape index (κ2) is 10.1. The molecule has 0 saturated carbocycles. The Labute approximate surface area is 217 Å². The lowest BCUT2D eigenvalue weighted by atomic mass is 10.2. The number of fused-ring (bicyclic) bond motifs is 3. The van der Waals surface area contributed by atoms with E-state index in [-0.39, 0.29) is 25.2 Å². The molecular formula is C26H25N7O5. The van der Waals surface area contributed by atoms with Gasteiger partial charge in [0, 0.05) is 43.2 Å². The topological polar surface area (TPSA) is 130 Å². The van der Waals surface area contributed by atoms with Crippen molar-refractivity contribution in [3.05, 3.63) is 65.7 Å². The molecule has 1 aromatic carbocycles. The minimum atomic E-state index is -0.0557. The van der Waals surface area contributed by atoms with Crippen molar-refractivity contribution >= 4 is 22.3 Å². The van der Waals surface area contributed by atoms with Crippen molar-refractivity contribution in [2.45, 2.75) is 26.2 Å². The van der Waals surface area contributed by atoms with E-state index in [1.165, 1.54) is 0 Å². The van der Waals surface area contributed by atoms with Crippen molar-refractivity contribution in [1.29, 1.82) is 0 Å². The molecule has 0 radical (unpaired) electrons. The van der Waals surface area contributed by atoms with E-state index in [4.69, 9.17) is 18.7 Å². The summed E-state index contributed by atoms with van der Waals surface area (Å²) in [6, 6.07) is 13.0. The fourth-order valence-corrected chi connectivity index (χ4v) is 4.41. The Balaban J connectivity index is 1.26. The second-order valence-electron chi connectivity index (χ2n) is 8.98.